The first kappa shape index (κ1) is 29.6. The Balaban J connectivity index is 1.35. The van der Waals surface area contributed by atoms with Gasteiger partial charge in [0.1, 0.15) is 22.6 Å². The summed E-state index contributed by atoms with van der Waals surface area (Å²) in [7, 11) is -1.76. The fourth-order valence-electron chi connectivity index (χ4n) is 7.38. The summed E-state index contributed by atoms with van der Waals surface area (Å²) in [4.78, 5) is 20.3. The van der Waals surface area contributed by atoms with Crippen LogP contribution in [0.2, 0.25) is 30.1 Å². The minimum Gasteiger partial charge on any atom is -0.303 e. The largest absolute Gasteiger partial charge is 0.601 e. The Morgan fingerprint density at radius 2 is 0.760 bits per heavy atom. The van der Waals surface area contributed by atoms with Crippen molar-refractivity contribution in [3.8, 4) is 0 Å². The molecule has 0 amide bonds. The van der Waals surface area contributed by atoms with Crippen molar-refractivity contribution in [2.45, 2.75) is 0 Å². The first-order valence-corrected chi connectivity index (χ1v) is 17.5. The molecule has 6 nitrogen and oxygen atoms in total. The van der Waals surface area contributed by atoms with Crippen molar-refractivity contribution in [1.29, 1.82) is 0 Å². The molecule has 2 aromatic heterocycles. The zero-order chi connectivity index (χ0) is 33.9. The van der Waals surface area contributed by atoms with Gasteiger partial charge in [-0.25, -0.2) is 20.0 Å². The van der Waals surface area contributed by atoms with E-state index < -0.39 is 7.26 Å². The van der Waals surface area contributed by atoms with Gasteiger partial charge < -0.3 is 8.96 Å². The average molecular weight is 771 g/mol. The summed E-state index contributed by atoms with van der Waals surface area (Å²) in [5.74, 6) is 1.49. The average Bonchev–Trinajstić information content (AvgIpc) is 3.67. The normalized spacial score (nSPS) is 14.4. The topological polar surface area (TPSA) is 59.3 Å². The third-order valence-electron chi connectivity index (χ3n) is 9.68. The molecule has 14 heteroatoms. The molecule has 8 aromatic rings. The van der Waals surface area contributed by atoms with Crippen LogP contribution in [0.25, 0.3) is 53.9 Å². The second-order valence-electron chi connectivity index (χ2n) is 12.5. The highest BCUT2D eigenvalue weighted by atomic mass is 35.5. The van der Waals surface area contributed by atoms with Crippen molar-refractivity contribution in [2.24, 2.45) is 20.0 Å². The molecule has 5 heterocycles. The van der Waals surface area contributed by atoms with Gasteiger partial charge in [0.15, 0.2) is 11.7 Å². The summed E-state index contributed by atoms with van der Waals surface area (Å²) in [5, 5.41) is 10.2. The van der Waals surface area contributed by atoms with E-state index in [1.807, 2.05) is 36.4 Å². The highest BCUT2D eigenvalue weighted by Crippen LogP contribution is 2.44. The fraction of sp³-hybridized carbons (Fsp3) is 0. The number of nitrogens with zero attached hydrogens (tertiary/aromatic N) is 6. The molecule has 0 radical (unpaired) electrons. The molecule has 238 valence electrons. The lowest BCUT2D eigenvalue weighted by Gasteiger charge is -2.16. The SMILES string of the molecule is FB1n2c3c4cc5cc(Cl)c(Cl)cc5cc4c2N=c2c4cc5cc(Cl)c(Cl)cc5cc4c(n21)=NC1=NC(=N3)c2cc3cc(Cl)c(Cl)cc3cc21. The number of hydrogen-bond acceptors (Lipinski definition) is 4. The van der Waals surface area contributed by atoms with Crippen molar-refractivity contribution >= 4 is 154 Å². The van der Waals surface area contributed by atoms with Gasteiger partial charge in [0.2, 0.25) is 0 Å². The second kappa shape index (κ2) is 10.0. The third kappa shape index (κ3) is 3.89. The molecule has 0 fully saturated rings. The van der Waals surface area contributed by atoms with Crippen LogP contribution in [0.5, 0.6) is 0 Å². The van der Waals surface area contributed by atoms with E-state index in [0.29, 0.717) is 86.0 Å². The standard InChI is InChI=1S/C36H12BCl6FN6/c38-25-7-13-1-19-20(2-14(13)8-26(25)39)32-45-31(19)46-33-21-3-15-9-27(40)29(42)11-17(15)5-23(21)35-48-36-24-6-18-12-30(43)28(41)10-16(18)4-22(24)34(47-32)50(36)37(44)49(33)35/h1-12H. The van der Waals surface area contributed by atoms with E-state index in [9.17, 15) is 0 Å². The molecular weight excluding hydrogens is 759 g/mol. The number of rotatable bonds is 0. The highest BCUT2D eigenvalue weighted by molar-refractivity contribution is 6.51. The number of hydrogen-bond donors (Lipinski definition) is 0. The molecule has 50 heavy (non-hydrogen) atoms. The zero-order valence-corrected chi connectivity index (χ0v) is 29.4. The number of aliphatic imine (C=N–C) groups is 2. The summed E-state index contributed by atoms with van der Waals surface area (Å²) in [6.45, 7) is 0. The number of aromatic nitrogens is 2. The maximum atomic E-state index is 17.6. The third-order valence-corrected chi connectivity index (χ3v) is 11.8. The molecule has 0 atom stereocenters. The lowest BCUT2D eigenvalue weighted by Crippen LogP contribution is -2.45. The summed E-state index contributed by atoms with van der Waals surface area (Å²) in [6, 6.07) is 22.5. The van der Waals surface area contributed by atoms with Crippen molar-refractivity contribution in [2.75, 3.05) is 0 Å². The van der Waals surface area contributed by atoms with Crippen molar-refractivity contribution in [3.05, 3.63) is 125 Å². The van der Waals surface area contributed by atoms with E-state index in [-0.39, 0.29) is 0 Å². The summed E-state index contributed by atoms with van der Waals surface area (Å²) < 4.78 is 20.5. The van der Waals surface area contributed by atoms with E-state index in [4.69, 9.17) is 89.6 Å². The van der Waals surface area contributed by atoms with Crippen LogP contribution in [0.15, 0.2) is 92.8 Å². The van der Waals surface area contributed by atoms with Gasteiger partial charge >= 0.3 is 7.26 Å². The Morgan fingerprint density at radius 1 is 0.400 bits per heavy atom. The lowest BCUT2D eigenvalue weighted by atomic mass is 10.0. The van der Waals surface area contributed by atoms with Crippen LogP contribution in [0.3, 0.4) is 0 Å². The molecule has 0 saturated carbocycles. The molecule has 0 spiro atoms. The molecule has 4 bridgehead atoms. The summed E-state index contributed by atoms with van der Waals surface area (Å²) in [5.41, 5.74) is 2.18. The Labute approximate surface area is 310 Å². The monoisotopic (exact) mass is 768 g/mol. The van der Waals surface area contributed by atoms with Crippen LogP contribution < -0.4 is 11.0 Å². The zero-order valence-electron chi connectivity index (χ0n) is 24.8. The second-order valence-corrected chi connectivity index (χ2v) is 14.9. The molecular formula is C36H12BCl6FN6. The maximum absolute atomic E-state index is 17.6. The van der Waals surface area contributed by atoms with E-state index in [0.717, 1.165) is 43.4 Å². The quantitative estimate of drug-likeness (QED) is 0.138. The number of halogens is 7. The number of benzene rings is 6. The molecule has 11 rings (SSSR count). The van der Waals surface area contributed by atoms with Crippen LogP contribution in [0, 0.1) is 0 Å². The predicted molar refractivity (Wildman–Crippen MR) is 205 cm³/mol. The number of amidine groups is 2. The Hall–Kier alpha value is -4.15. The molecule has 0 saturated heterocycles. The maximum Gasteiger partial charge on any atom is 0.601 e. The first-order chi connectivity index (χ1) is 24.1. The summed E-state index contributed by atoms with van der Waals surface area (Å²) in [6.07, 6.45) is 0. The fourth-order valence-corrected chi connectivity index (χ4v) is 8.41. The Morgan fingerprint density at radius 3 is 1.22 bits per heavy atom. The minimum absolute atomic E-state index is 0.347. The molecule has 3 aliphatic heterocycles. The van der Waals surface area contributed by atoms with Gasteiger partial charge in [-0.1, -0.05) is 69.6 Å². The van der Waals surface area contributed by atoms with Gasteiger partial charge in [-0.3, -0.25) is 4.32 Å². The van der Waals surface area contributed by atoms with E-state index in [2.05, 4.69) is 0 Å². The predicted octanol–water partition coefficient (Wildman–Crippen LogP) is 11.1. The minimum atomic E-state index is -1.76. The van der Waals surface area contributed by atoms with Crippen LogP contribution in [-0.2, 0) is 0 Å². The van der Waals surface area contributed by atoms with Gasteiger partial charge in [-0.15, -0.1) is 0 Å². The Bertz CT molecular complexity index is 3200. The van der Waals surface area contributed by atoms with Crippen molar-refractivity contribution < 1.29 is 4.32 Å². The number of fused-ring (bicyclic) bond motifs is 13. The van der Waals surface area contributed by atoms with Crippen molar-refractivity contribution in [1.82, 2.24) is 8.96 Å². The molecule has 0 aliphatic carbocycles. The molecule has 0 unspecified atom stereocenters. The van der Waals surface area contributed by atoms with Crippen LogP contribution >= 0.6 is 69.6 Å². The molecule has 0 N–H and O–H groups in total. The highest BCUT2D eigenvalue weighted by Gasteiger charge is 2.38. The van der Waals surface area contributed by atoms with Gasteiger partial charge in [0.25, 0.3) is 0 Å². The smallest absolute Gasteiger partial charge is 0.303 e. The van der Waals surface area contributed by atoms with E-state index in [1.165, 1.54) is 8.96 Å². The van der Waals surface area contributed by atoms with Gasteiger partial charge in [-0.05, 0) is 105 Å². The van der Waals surface area contributed by atoms with Gasteiger partial charge in [-0.2, -0.15) is 0 Å². The summed E-state index contributed by atoms with van der Waals surface area (Å²) >= 11 is 38.6. The van der Waals surface area contributed by atoms with Gasteiger partial charge in [0.05, 0.1) is 30.1 Å². The van der Waals surface area contributed by atoms with Crippen LogP contribution in [0.1, 0.15) is 11.1 Å². The van der Waals surface area contributed by atoms with Gasteiger partial charge in [0, 0.05) is 32.7 Å². The van der Waals surface area contributed by atoms with Crippen LogP contribution in [-0.4, -0.2) is 27.9 Å². The molecule has 3 aliphatic rings. The Kier molecular flexibility index (Phi) is 5.92. The van der Waals surface area contributed by atoms with Crippen molar-refractivity contribution in [3.63, 3.8) is 0 Å². The van der Waals surface area contributed by atoms with Crippen LogP contribution in [0.4, 0.5) is 16.0 Å². The first-order valence-electron chi connectivity index (χ1n) is 15.2. The lowest BCUT2D eigenvalue weighted by molar-refractivity contribution is 0.718. The van der Waals surface area contributed by atoms with E-state index in [1.54, 1.807) is 36.4 Å². The molecule has 6 aromatic carbocycles. The van der Waals surface area contributed by atoms with E-state index >= 15 is 4.32 Å².